The summed E-state index contributed by atoms with van der Waals surface area (Å²) in [6.45, 7) is 4.04. The van der Waals surface area contributed by atoms with Gasteiger partial charge in [0.05, 0.1) is 11.2 Å². The third-order valence-electron chi connectivity index (χ3n) is 10.1. The van der Waals surface area contributed by atoms with Gasteiger partial charge in [-0.2, -0.15) is 0 Å². The van der Waals surface area contributed by atoms with Gasteiger partial charge in [-0.1, -0.05) is 152 Å². The van der Waals surface area contributed by atoms with Gasteiger partial charge in [-0.05, 0) is 98.6 Å². The van der Waals surface area contributed by atoms with E-state index < -0.39 is 0 Å². The minimum Gasteiger partial charge on any atom is -0.355 e. The number of rotatable bonds is 8. The van der Waals surface area contributed by atoms with E-state index in [2.05, 4.69) is 181 Å². The molecule has 0 aliphatic heterocycles. The molecule has 54 heavy (non-hydrogen) atoms. The van der Waals surface area contributed by atoms with Crippen molar-refractivity contribution in [1.82, 2.24) is 4.57 Å². The Hall–Kier alpha value is -6.88. The molecule has 0 saturated heterocycles. The van der Waals surface area contributed by atoms with Crippen LogP contribution in [0, 0.1) is 0 Å². The molecule has 0 bridgehead atoms. The maximum Gasteiger partial charge on any atom is 0.0520 e. The fraction of sp³-hybridized carbons (Fsp3) is 0.0400. The van der Waals surface area contributed by atoms with Gasteiger partial charge in [-0.15, -0.1) is 0 Å². The Balaban J connectivity index is 0.000000153. The van der Waals surface area contributed by atoms with E-state index in [0.717, 1.165) is 29.0 Å². The summed E-state index contributed by atoms with van der Waals surface area (Å²) in [6, 6.07) is 63.8. The molecule has 0 spiro atoms. The molecule has 4 nitrogen and oxygen atoms in total. The lowest BCUT2D eigenvalue weighted by atomic mass is 9.93. The van der Waals surface area contributed by atoms with Gasteiger partial charge in [0, 0.05) is 34.7 Å². The maximum absolute atomic E-state index is 5.70. The van der Waals surface area contributed by atoms with Gasteiger partial charge < -0.3 is 15.3 Å². The van der Waals surface area contributed by atoms with Crippen LogP contribution in [-0.2, 0) is 13.5 Å². The summed E-state index contributed by atoms with van der Waals surface area (Å²) >= 11 is 0. The lowest BCUT2D eigenvalue weighted by Crippen LogP contribution is -2.09. The Morgan fingerprint density at radius 1 is 0.556 bits per heavy atom. The summed E-state index contributed by atoms with van der Waals surface area (Å²) < 4.78 is 2.28. The molecule has 0 aliphatic rings. The van der Waals surface area contributed by atoms with Crippen molar-refractivity contribution in [3.63, 3.8) is 0 Å². The van der Waals surface area contributed by atoms with E-state index in [4.69, 9.17) is 5.84 Å². The summed E-state index contributed by atoms with van der Waals surface area (Å²) in [5.41, 5.74) is 16.8. The standard InChI is InChI=1S/C25H20N2.C25H22N2/c1-3-17-15-21-24(16-22(17)26-19-10-5-4-6-11-19)27(2)23-14-13-18-9-7-8-12-20(18)25(21)23;26-27-25-14-8-7-13-22(25)15-19-16-23(20-9-3-1-4-10-20)18-24(17-19)21-11-5-2-6-12-21/h3-16,26H,1H2,2H3;1-14,16-18,27H,15,26H2. The van der Waals surface area contributed by atoms with Crippen LogP contribution in [0.3, 0.4) is 0 Å². The van der Waals surface area contributed by atoms with Crippen LogP contribution in [0.15, 0.2) is 189 Å². The Bertz CT molecular complexity index is 2660. The number of nitrogen functional groups attached to an aromatic ring is 1. The van der Waals surface area contributed by atoms with E-state index in [9.17, 15) is 0 Å². The van der Waals surface area contributed by atoms with Crippen LogP contribution in [0.1, 0.15) is 16.7 Å². The van der Waals surface area contributed by atoms with Crippen molar-refractivity contribution in [3.8, 4) is 22.3 Å². The van der Waals surface area contributed by atoms with Gasteiger partial charge in [-0.3, -0.25) is 5.84 Å². The van der Waals surface area contributed by atoms with Crippen LogP contribution in [0.4, 0.5) is 17.1 Å². The van der Waals surface area contributed by atoms with Crippen LogP contribution >= 0.6 is 0 Å². The molecule has 0 saturated carbocycles. The second-order valence-electron chi connectivity index (χ2n) is 13.5. The van der Waals surface area contributed by atoms with Crippen molar-refractivity contribution in [3.05, 3.63) is 205 Å². The first-order chi connectivity index (χ1) is 26.6. The smallest absolute Gasteiger partial charge is 0.0520 e. The highest BCUT2D eigenvalue weighted by Gasteiger charge is 2.14. The number of hydrogen-bond acceptors (Lipinski definition) is 3. The molecule has 8 aromatic carbocycles. The topological polar surface area (TPSA) is 55.0 Å². The third kappa shape index (κ3) is 6.99. The van der Waals surface area contributed by atoms with Crippen LogP contribution in [-0.4, -0.2) is 4.57 Å². The Labute approximate surface area is 316 Å². The Morgan fingerprint density at radius 3 is 1.83 bits per heavy atom. The van der Waals surface area contributed by atoms with Crippen LogP contribution in [0.2, 0.25) is 0 Å². The first-order valence-electron chi connectivity index (χ1n) is 18.3. The van der Waals surface area contributed by atoms with Crippen molar-refractivity contribution in [2.24, 2.45) is 12.9 Å². The zero-order chi connectivity index (χ0) is 36.9. The van der Waals surface area contributed by atoms with Gasteiger partial charge >= 0.3 is 0 Å². The second kappa shape index (κ2) is 15.4. The normalized spacial score (nSPS) is 10.9. The Kier molecular flexibility index (Phi) is 9.75. The summed E-state index contributed by atoms with van der Waals surface area (Å²) in [5, 5.41) is 8.67. The minimum absolute atomic E-state index is 0.820. The number of hydrazine groups is 1. The SMILES string of the molecule is C=Cc1cc2c3c4ccccc4ccc3n(C)c2cc1Nc1ccccc1.NNc1ccccc1Cc1cc(-c2ccccc2)cc(-c2ccccc2)c1. The summed E-state index contributed by atoms with van der Waals surface area (Å²) in [6.07, 6.45) is 2.75. The number of hydrogen-bond donors (Lipinski definition) is 3. The largest absolute Gasteiger partial charge is 0.355 e. The Morgan fingerprint density at radius 2 is 1.17 bits per heavy atom. The number of nitrogens with zero attached hydrogens (tertiary/aromatic N) is 1. The lowest BCUT2D eigenvalue weighted by Gasteiger charge is -2.13. The molecule has 9 aromatic rings. The number of fused-ring (bicyclic) bond motifs is 5. The van der Waals surface area contributed by atoms with Crippen molar-refractivity contribution < 1.29 is 0 Å². The fourth-order valence-electron chi connectivity index (χ4n) is 7.41. The quantitative estimate of drug-likeness (QED) is 0.109. The average molecular weight is 699 g/mol. The van der Waals surface area contributed by atoms with Crippen LogP contribution < -0.4 is 16.6 Å². The zero-order valence-corrected chi connectivity index (χ0v) is 30.3. The second-order valence-corrected chi connectivity index (χ2v) is 13.5. The number of aryl methyl sites for hydroxylation is 1. The molecule has 4 heteroatoms. The molecule has 0 unspecified atom stereocenters. The predicted octanol–water partition coefficient (Wildman–Crippen LogP) is 12.8. The molecular weight excluding hydrogens is 657 g/mol. The molecule has 1 aromatic heterocycles. The van der Waals surface area contributed by atoms with Gasteiger partial charge in [-0.25, -0.2) is 0 Å². The van der Waals surface area contributed by atoms with Crippen molar-refractivity contribution >= 4 is 55.7 Å². The molecule has 1 heterocycles. The zero-order valence-electron chi connectivity index (χ0n) is 30.3. The molecule has 4 N–H and O–H groups in total. The summed E-state index contributed by atoms with van der Waals surface area (Å²) in [4.78, 5) is 0. The first kappa shape index (κ1) is 34.2. The highest BCUT2D eigenvalue weighted by molar-refractivity contribution is 6.21. The molecule has 0 atom stereocenters. The summed E-state index contributed by atoms with van der Waals surface area (Å²) in [7, 11) is 2.14. The number of nitrogens with two attached hydrogens (primary N) is 1. The van der Waals surface area contributed by atoms with Gasteiger partial charge in [0.2, 0.25) is 0 Å². The van der Waals surface area contributed by atoms with Crippen LogP contribution in [0.25, 0.3) is 60.9 Å². The maximum atomic E-state index is 5.70. The minimum atomic E-state index is 0.820. The number of aromatic nitrogens is 1. The molecule has 0 fully saturated rings. The highest BCUT2D eigenvalue weighted by Crippen LogP contribution is 2.38. The van der Waals surface area contributed by atoms with Crippen molar-refractivity contribution in [1.29, 1.82) is 0 Å². The highest BCUT2D eigenvalue weighted by atomic mass is 15.2. The number of nitrogens with one attached hydrogen (secondary N) is 2. The molecule has 9 rings (SSSR count). The number of anilines is 3. The number of para-hydroxylation sites is 2. The molecule has 0 amide bonds. The van der Waals surface area contributed by atoms with E-state index in [-0.39, 0.29) is 0 Å². The van der Waals surface area contributed by atoms with Gasteiger partial charge in [0.15, 0.2) is 0 Å². The van der Waals surface area contributed by atoms with Gasteiger partial charge in [0.1, 0.15) is 0 Å². The van der Waals surface area contributed by atoms with E-state index >= 15 is 0 Å². The lowest BCUT2D eigenvalue weighted by molar-refractivity contribution is 1.01. The fourth-order valence-corrected chi connectivity index (χ4v) is 7.41. The molecule has 262 valence electrons. The average Bonchev–Trinajstić information content (AvgIpc) is 3.52. The molecular formula is C50H42N4. The van der Waals surface area contributed by atoms with Crippen molar-refractivity contribution in [2.75, 3.05) is 10.7 Å². The van der Waals surface area contributed by atoms with E-state index in [0.29, 0.717) is 0 Å². The third-order valence-corrected chi connectivity index (χ3v) is 10.1. The van der Waals surface area contributed by atoms with Crippen LogP contribution in [0.5, 0.6) is 0 Å². The van der Waals surface area contributed by atoms with E-state index in [1.807, 2.05) is 36.4 Å². The van der Waals surface area contributed by atoms with E-state index in [1.54, 1.807) is 0 Å². The molecule has 0 aliphatic carbocycles. The molecule has 0 radical (unpaired) electrons. The van der Waals surface area contributed by atoms with E-state index in [1.165, 1.54) is 66.0 Å². The van der Waals surface area contributed by atoms with Gasteiger partial charge in [0.25, 0.3) is 0 Å². The number of benzene rings is 8. The predicted molar refractivity (Wildman–Crippen MR) is 232 cm³/mol. The van der Waals surface area contributed by atoms with Crippen molar-refractivity contribution in [2.45, 2.75) is 6.42 Å². The summed E-state index contributed by atoms with van der Waals surface area (Å²) in [5.74, 6) is 5.70. The monoisotopic (exact) mass is 698 g/mol. The first-order valence-corrected chi connectivity index (χ1v) is 18.3.